The minimum atomic E-state index is 0.0155. The number of thiophene rings is 1. The van der Waals surface area contributed by atoms with Gasteiger partial charge in [0.05, 0.1) is 21.3 Å². The summed E-state index contributed by atoms with van der Waals surface area (Å²) in [6.45, 7) is 4.17. The average Bonchev–Trinajstić information content (AvgIpc) is 3.09. The fourth-order valence-corrected chi connectivity index (χ4v) is 4.03. The van der Waals surface area contributed by atoms with Crippen LogP contribution in [0.4, 0.5) is 0 Å². The molecule has 0 spiro atoms. The maximum absolute atomic E-state index is 11.5. The highest BCUT2D eigenvalue weighted by atomic mass is 35.5. The van der Waals surface area contributed by atoms with Gasteiger partial charge in [-0.05, 0) is 42.2 Å². The van der Waals surface area contributed by atoms with Crippen LogP contribution in [0.25, 0.3) is 10.7 Å². The molecule has 0 fully saturated rings. The molecule has 0 aliphatic heterocycles. The van der Waals surface area contributed by atoms with Gasteiger partial charge in [0, 0.05) is 19.2 Å². The highest BCUT2D eigenvalue weighted by molar-refractivity contribution is 7.19. The summed E-state index contributed by atoms with van der Waals surface area (Å²) < 4.78 is 0.735. The van der Waals surface area contributed by atoms with E-state index in [1.54, 1.807) is 7.05 Å². The zero-order valence-electron chi connectivity index (χ0n) is 15.7. The first-order valence-corrected chi connectivity index (χ1v) is 10.1. The lowest BCUT2D eigenvalue weighted by atomic mass is 10.0. The van der Waals surface area contributed by atoms with Gasteiger partial charge < -0.3 is 5.32 Å². The molecule has 2 heterocycles. The summed E-state index contributed by atoms with van der Waals surface area (Å²) in [5, 5.41) is 2.65. The zero-order chi connectivity index (χ0) is 19.4. The number of nitrogens with zero attached hydrogens (tertiary/aromatic N) is 2. The van der Waals surface area contributed by atoms with Crippen molar-refractivity contribution < 1.29 is 4.79 Å². The van der Waals surface area contributed by atoms with Crippen LogP contribution in [0.15, 0.2) is 36.4 Å². The largest absolute Gasteiger partial charge is 0.359 e. The van der Waals surface area contributed by atoms with Gasteiger partial charge in [-0.3, -0.25) is 4.79 Å². The number of hydrogen-bond donors (Lipinski definition) is 1. The molecule has 1 aromatic carbocycles. The van der Waals surface area contributed by atoms with E-state index in [1.807, 2.05) is 31.2 Å². The van der Waals surface area contributed by atoms with Crippen molar-refractivity contribution in [1.29, 1.82) is 0 Å². The van der Waals surface area contributed by atoms with Crippen LogP contribution >= 0.6 is 22.9 Å². The molecule has 0 aliphatic rings. The van der Waals surface area contributed by atoms with Gasteiger partial charge in [-0.2, -0.15) is 0 Å². The lowest BCUT2D eigenvalue weighted by molar-refractivity contribution is -0.119. The van der Waals surface area contributed by atoms with Gasteiger partial charge in [0.2, 0.25) is 5.91 Å². The Morgan fingerprint density at radius 3 is 2.41 bits per heavy atom. The molecule has 3 rings (SSSR count). The number of benzene rings is 1. The van der Waals surface area contributed by atoms with Crippen LogP contribution in [0.3, 0.4) is 0 Å². The van der Waals surface area contributed by atoms with Crippen LogP contribution in [0, 0.1) is 6.92 Å². The van der Waals surface area contributed by atoms with Crippen molar-refractivity contribution in [3.05, 3.63) is 68.8 Å². The van der Waals surface area contributed by atoms with Gasteiger partial charge in [0.15, 0.2) is 5.82 Å². The van der Waals surface area contributed by atoms with Crippen molar-refractivity contribution in [2.24, 2.45) is 0 Å². The number of nitrogens with one attached hydrogen (secondary N) is 1. The Balaban J connectivity index is 1.89. The molecular formula is C21H22ClN3OS. The SMILES string of the molecule is CCc1c(C)nc(-c2ccc(Cl)s2)nc1Cc1ccc(CC(=O)NC)cc1. The minimum Gasteiger partial charge on any atom is -0.359 e. The fourth-order valence-electron chi connectivity index (χ4n) is 3.05. The summed E-state index contributed by atoms with van der Waals surface area (Å²) in [6, 6.07) is 12.0. The van der Waals surface area contributed by atoms with E-state index in [1.165, 1.54) is 22.5 Å². The Morgan fingerprint density at radius 2 is 1.81 bits per heavy atom. The number of amides is 1. The molecule has 1 N–H and O–H groups in total. The molecule has 2 aromatic heterocycles. The number of halogens is 1. The second kappa shape index (κ2) is 8.63. The molecule has 0 saturated heterocycles. The van der Waals surface area contributed by atoms with E-state index >= 15 is 0 Å². The quantitative estimate of drug-likeness (QED) is 0.658. The average molecular weight is 400 g/mol. The van der Waals surface area contributed by atoms with Crippen molar-refractivity contribution >= 4 is 28.8 Å². The van der Waals surface area contributed by atoms with Crippen molar-refractivity contribution in [3.8, 4) is 10.7 Å². The highest BCUT2D eigenvalue weighted by Crippen LogP contribution is 2.30. The van der Waals surface area contributed by atoms with Crippen LogP contribution in [0.2, 0.25) is 4.34 Å². The van der Waals surface area contributed by atoms with Gasteiger partial charge in [-0.25, -0.2) is 9.97 Å². The van der Waals surface area contributed by atoms with E-state index < -0.39 is 0 Å². The smallest absolute Gasteiger partial charge is 0.224 e. The van der Waals surface area contributed by atoms with E-state index in [4.69, 9.17) is 16.6 Å². The van der Waals surface area contributed by atoms with Crippen molar-refractivity contribution in [2.75, 3.05) is 7.05 Å². The number of aryl methyl sites for hydroxylation is 1. The highest BCUT2D eigenvalue weighted by Gasteiger charge is 2.14. The van der Waals surface area contributed by atoms with Crippen LogP contribution in [-0.2, 0) is 24.1 Å². The van der Waals surface area contributed by atoms with Gasteiger partial charge >= 0.3 is 0 Å². The first-order chi connectivity index (χ1) is 13.0. The number of likely N-dealkylation sites (N-methyl/N-ethyl adjacent to an activating group) is 1. The number of rotatable bonds is 6. The second-order valence-corrected chi connectivity index (χ2v) is 8.07. The Hall–Kier alpha value is -2.24. The predicted molar refractivity (Wildman–Crippen MR) is 111 cm³/mol. The zero-order valence-corrected chi connectivity index (χ0v) is 17.2. The van der Waals surface area contributed by atoms with Crippen LogP contribution < -0.4 is 5.32 Å². The summed E-state index contributed by atoms with van der Waals surface area (Å²) in [7, 11) is 1.65. The van der Waals surface area contributed by atoms with Crippen LogP contribution in [-0.4, -0.2) is 22.9 Å². The molecule has 0 atom stereocenters. The Kier molecular flexibility index (Phi) is 6.24. The Bertz CT molecular complexity index is 951. The third-order valence-corrected chi connectivity index (χ3v) is 5.71. The van der Waals surface area contributed by atoms with E-state index in [2.05, 4.69) is 29.4 Å². The monoisotopic (exact) mass is 399 g/mol. The summed E-state index contributed by atoms with van der Waals surface area (Å²) in [4.78, 5) is 22.0. The minimum absolute atomic E-state index is 0.0155. The molecule has 6 heteroatoms. The van der Waals surface area contributed by atoms with Crippen molar-refractivity contribution in [2.45, 2.75) is 33.1 Å². The summed E-state index contributed by atoms with van der Waals surface area (Å²) in [5.41, 5.74) is 5.41. The van der Waals surface area contributed by atoms with E-state index in [-0.39, 0.29) is 5.91 Å². The normalized spacial score (nSPS) is 10.8. The van der Waals surface area contributed by atoms with E-state index in [0.717, 1.165) is 44.8 Å². The third-order valence-electron chi connectivity index (χ3n) is 4.48. The van der Waals surface area contributed by atoms with Crippen molar-refractivity contribution in [3.63, 3.8) is 0 Å². The van der Waals surface area contributed by atoms with Crippen LogP contribution in [0.1, 0.15) is 35.0 Å². The molecule has 27 heavy (non-hydrogen) atoms. The second-order valence-electron chi connectivity index (χ2n) is 6.36. The topological polar surface area (TPSA) is 54.9 Å². The standard InChI is InChI=1S/C21H22ClN3OS/c1-4-16-13(2)24-21(18-9-10-19(22)27-18)25-17(16)11-14-5-7-15(8-6-14)12-20(26)23-3/h5-10H,4,11-12H2,1-3H3,(H,23,26). The molecule has 3 aromatic rings. The summed E-state index contributed by atoms with van der Waals surface area (Å²) in [5.74, 6) is 0.745. The molecule has 0 bridgehead atoms. The van der Waals surface area contributed by atoms with Gasteiger partial charge in [-0.1, -0.05) is 42.8 Å². The van der Waals surface area contributed by atoms with Gasteiger partial charge in [0.25, 0.3) is 0 Å². The maximum Gasteiger partial charge on any atom is 0.224 e. The number of carbonyl (C=O) groups excluding carboxylic acids is 1. The summed E-state index contributed by atoms with van der Waals surface area (Å²) >= 11 is 7.56. The Morgan fingerprint density at radius 1 is 1.11 bits per heavy atom. The third kappa shape index (κ3) is 4.73. The van der Waals surface area contributed by atoms with Crippen molar-refractivity contribution in [1.82, 2.24) is 15.3 Å². The number of aromatic nitrogens is 2. The molecular weight excluding hydrogens is 378 g/mol. The first kappa shape index (κ1) is 19.5. The molecule has 4 nitrogen and oxygen atoms in total. The summed E-state index contributed by atoms with van der Waals surface area (Å²) in [6.07, 6.45) is 2.02. The molecule has 0 radical (unpaired) electrons. The first-order valence-electron chi connectivity index (χ1n) is 8.90. The number of carbonyl (C=O) groups is 1. The van der Waals surface area contributed by atoms with Gasteiger partial charge in [0.1, 0.15) is 0 Å². The molecule has 140 valence electrons. The van der Waals surface area contributed by atoms with Crippen LogP contribution in [0.5, 0.6) is 0 Å². The lowest BCUT2D eigenvalue weighted by Gasteiger charge is -2.12. The molecule has 0 unspecified atom stereocenters. The van der Waals surface area contributed by atoms with Gasteiger partial charge in [-0.15, -0.1) is 11.3 Å². The molecule has 0 aliphatic carbocycles. The fraction of sp³-hybridized carbons (Fsp3) is 0.286. The maximum atomic E-state index is 11.5. The molecule has 1 amide bonds. The number of hydrogen-bond acceptors (Lipinski definition) is 4. The Labute approximate surface area is 168 Å². The predicted octanol–water partition coefficient (Wildman–Crippen LogP) is 4.61. The van der Waals surface area contributed by atoms with E-state index in [9.17, 15) is 4.79 Å². The van der Waals surface area contributed by atoms with E-state index in [0.29, 0.717) is 6.42 Å². The molecule has 0 saturated carbocycles. The lowest BCUT2D eigenvalue weighted by Crippen LogP contribution is -2.19.